The van der Waals surface area contributed by atoms with Gasteiger partial charge in [0.15, 0.2) is 0 Å². The van der Waals surface area contributed by atoms with Gasteiger partial charge in [0.05, 0.1) is 0 Å². The summed E-state index contributed by atoms with van der Waals surface area (Å²) in [4.78, 5) is 0. The van der Waals surface area contributed by atoms with Gasteiger partial charge in [0, 0.05) is 23.1 Å². The van der Waals surface area contributed by atoms with Crippen molar-refractivity contribution in [1.82, 2.24) is 0 Å². The predicted molar refractivity (Wildman–Crippen MR) is 15.8 cm³/mol. The number of halogens is 1. The summed E-state index contributed by atoms with van der Waals surface area (Å²) in [5, 5.41) is 0. The van der Waals surface area contributed by atoms with Gasteiger partial charge in [0.1, 0.15) is 0 Å². The van der Waals surface area contributed by atoms with E-state index in [1.54, 1.807) is 0 Å². The molecule has 0 saturated heterocycles. The van der Waals surface area contributed by atoms with Crippen LogP contribution < -0.4 is 0 Å². The molecule has 0 atom stereocenters. The van der Waals surface area contributed by atoms with Gasteiger partial charge in [-0.15, -0.1) is 0 Å². The van der Waals surface area contributed by atoms with Crippen LogP contribution in [-0.2, 0) is 7.75 Å². The van der Waals surface area contributed by atoms with E-state index in [2.05, 4.69) is 3.97 Å². The van der Waals surface area contributed by atoms with Crippen molar-refractivity contribution >= 4 is 38.8 Å². The van der Waals surface area contributed by atoms with Crippen LogP contribution in [0.1, 0.15) is 0 Å². The molecule has 2 nitrogen and oxygen atoms in total. The van der Waals surface area contributed by atoms with Crippen LogP contribution in [0, 0.1) is 0 Å². The molecule has 0 aromatic heterocycles. The van der Waals surface area contributed by atoms with E-state index < -0.39 is 15.7 Å². The van der Waals surface area contributed by atoms with E-state index in [-0.39, 0.29) is 23.1 Å². The molecule has 0 saturated carbocycles. The first-order valence-corrected chi connectivity index (χ1v) is 2.60. The van der Waals surface area contributed by atoms with E-state index in [9.17, 15) is 4.53 Å². The molecule has 0 unspecified atom stereocenters. The van der Waals surface area contributed by atoms with Gasteiger partial charge >= 0.3 is 28.0 Å². The second-order valence-electron chi connectivity index (χ2n) is 0.185. The standard InChI is InChI=1S/FGeHO2.Mg/c1-4-2-3;/h2H;. The molecule has 0 aliphatic heterocycles. The molecule has 0 fully saturated rings. The molecule has 2 radical (unpaired) electrons. The third kappa shape index (κ3) is 11.5. The quantitative estimate of drug-likeness (QED) is 0.456. The molecule has 0 bridgehead atoms. The Morgan fingerprint density at radius 3 is 2.00 bits per heavy atom. The van der Waals surface area contributed by atoms with E-state index >= 15 is 0 Å². The summed E-state index contributed by atoms with van der Waals surface area (Å²) in [6.07, 6.45) is 0. The van der Waals surface area contributed by atoms with Crippen LogP contribution in [0.3, 0.4) is 0 Å². The molecule has 0 aliphatic rings. The van der Waals surface area contributed by atoms with Crippen LogP contribution in [0.5, 0.6) is 0 Å². The fourth-order valence-corrected chi connectivity index (χ4v) is 0. The van der Waals surface area contributed by atoms with Crippen LogP contribution in [0.15, 0.2) is 0 Å². The minimum absolute atomic E-state index is 0. The van der Waals surface area contributed by atoms with Crippen LogP contribution >= 0.6 is 0 Å². The monoisotopic (exact) mass is 150 g/mol. The van der Waals surface area contributed by atoms with Crippen LogP contribution in [-0.4, -0.2) is 38.8 Å². The Kier molecular flexibility index (Phi) is 16.4. The first-order valence-electron chi connectivity index (χ1n) is 0.626. The molecule has 0 aromatic carbocycles. The van der Waals surface area contributed by atoms with E-state index in [1.165, 1.54) is 0 Å². The first kappa shape index (κ1) is 9.28. The Balaban J connectivity index is 0. The molecule has 0 spiro atoms. The molecule has 0 aliphatic carbocycles. The fraction of sp³-hybridized carbons (Fsp3) is 0. The van der Waals surface area contributed by atoms with Crippen molar-refractivity contribution in [3.05, 3.63) is 0 Å². The van der Waals surface area contributed by atoms with Crippen LogP contribution in [0.25, 0.3) is 0 Å². The summed E-state index contributed by atoms with van der Waals surface area (Å²) in [6, 6.07) is 0. The van der Waals surface area contributed by atoms with Crippen molar-refractivity contribution in [3.63, 3.8) is 0 Å². The average Bonchev–Trinajstić information content (AvgIpc) is 1.37. The topological polar surface area (TPSA) is 26.3 Å². The van der Waals surface area contributed by atoms with Crippen molar-refractivity contribution < 1.29 is 12.3 Å². The molecule has 0 heterocycles. The van der Waals surface area contributed by atoms with Gasteiger partial charge in [-0.2, -0.15) is 0 Å². The van der Waals surface area contributed by atoms with Gasteiger partial charge < -0.3 is 0 Å². The number of hydrogen-bond acceptors (Lipinski definition) is 2. The SMILES string of the molecule is [Mg].[O]=[GeH][O]F. The Labute approximate surface area is 51.1 Å². The van der Waals surface area contributed by atoms with Gasteiger partial charge in [0.2, 0.25) is 0 Å². The molecule has 5 heteroatoms. The Morgan fingerprint density at radius 2 is 2.00 bits per heavy atom. The Bertz CT molecular complexity index is 23.6. The Hall–Kier alpha value is 0.839. The van der Waals surface area contributed by atoms with E-state index in [0.717, 1.165) is 0 Å². The van der Waals surface area contributed by atoms with Gasteiger partial charge in [-0.05, 0) is 0 Å². The van der Waals surface area contributed by atoms with Crippen molar-refractivity contribution in [1.29, 1.82) is 0 Å². The second-order valence-corrected chi connectivity index (χ2v) is 0.963. The fourth-order valence-electron chi connectivity index (χ4n) is 0. The molecule has 0 N–H and O–H groups in total. The summed E-state index contributed by atoms with van der Waals surface area (Å²) in [5.74, 6) is 0. The maximum absolute atomic E-state index is 9.98. The molecule has 26 valence electrons. The summed E-state index contributed by atoms with van der Waals surface area (Å²) in [6.45, 7) is 0. The van der Waals surface area contributed by atoms with Crippen LogP contribution in [0.2, 0.25) is 0 Å². The first-order chi connectivity index (χ1) is 1.91. The minimum atomic E-state index is -2.10. The molecule has 5 heavy (non-hydrogen) atoms. The third-order valence-corrected chi connectivity index (χ3v) is 0.189. The second kappa shape index (κ2) is 8.85. The van der Waals surface area contributed by atoms with Gasteiger partial charge in [-0.25, -0.2) is 0 Å². The summed E-state index contributed by atoms with van der Waals surface area (Å²) in [5.41, 5.74) is 0. The zero-order valence-electron chi connectivity index (χ0n) is 2.48. The van der Waals surface area contributed by atoms with Gasteiger partial charge in [-0.1, -0.05) is 0 Å². The van der Waals surface area contributed by atoms with Crippen molar-refractivity contribution in [2.24, 2.45) is 0 Å². The summed E-state index contributed by atoms with van der Waals surface area (Å²) in [7, 11) is 0. The molecule has 0 amide bonds. The Morgan fingerprint density at radius 1 is 1.80 bits per heavy atom. The zero-order chi connectivity index (χ0) is 3.41. The van der Waals surface area contributed by atoms with Gasteiger partial charge in [0.25, 0.3) is 0 Å². The van der Waals surface area contributed by atoms with E-state index in [4.69, 9.17) is 3.78 Å². The van der Waals surface area contributed by atoms with Gasteiger partial charge in [-0.3, -0.25) is 0 Å². The number of hydrogen-bond donors (Lipinski definition) is 0. The number of rotatable bonds is 1. The molecule has 0 aromatic rings. The normalized spacial score (nSPS) is 4.20. The third-order valence-electron chi connectivity index (χ3n) is 0.0364. The summed E-state index contributed by atoms with van der Waals surface area (Å²) < 4.78 is 21.5. The average molecular weight is 149 g/mol. The van der Waals surface area contributed by atoms with Crippen LogP contribution in [0.4, 0.5) is 4.53 Å². The van der Waals surface area contributed by atoms with E-state index in [0.29, 0.717) is 0 Å². The van der Waals surface area contributed by atoms with E-state index in [1.807, 2.05) is 0 Å². The molecule has 0 rings (SSSR count). The molecular weight excluding hydrogens is 148 g/mol. The molecular formula is HFGeMgO2. The van der Waals surface area contributed by atoms with Crippen molar-refractivity contribution in [3.8, 4) is 0 Å². The summed E-state index contributed by atoms with van der Waals surface area (Å²) >= 11 is -2.10. The predicted octanol–water partition coefficient (Wildman–Crippen LogP) is -0.796. The van der Waals surface area contributed by atoms with Crippen molar-refractivity contribution in [2.45, 2.75) is 0 Å². The zero-order valence-corrected chi connectivity index (χ0v) is 6.32. The van der Waals surface area contributed by atoms with Crippen molar-refractivity contribution in [2.75, 3.05) is 0 Å². The maximum atomic E-state index is 9.98.